The Morgan fingerprint density at radius 2 is 1.96 bits per heavy atom. The number of amides is 1. The van der Waals surface area contributed by atoms with Gasteiger partial charge in [-0.2, -0.15) is 0 Å². The molecule has 2 aromatic rings. The normalized spacial score (nSPS) is 12.0. The summed E-state index contributed by atoms with van der Waals surface area (Å²) in [6, 6.07) is 5.64. The zero-order valence-corrected chi connectivity index (χ0v) is 13.0. The van der Waals surface area contributed by atoms with Gasteiger partial charge in [-0.25, -0.2) is 14.1 Å². The van der Waals surface area contributed by atoms with Crippen molar-refractivity contribution in [1.29, 1.82) is 0 Å². The highest BCUT2D eigenvalue weighted by atomic mass is 19.1. The number of carboxylic acid groups (broad SMARTS) is 1. The molecule has 0 radical (unpaired) electrons. The Labute approximate surface area is 132 Å². The summed E-state index contributed by atoms with van der Waals surface area (Å²) in [4.78, 5) is 28.5. The molecule has 0 saturated carbocycles. The molecule has 1 aromatic carbocycles. The van der Waals surface area contributed by atoms with Gasteiger partial charge >= 0.3 is 5.97 Å². The van der Waals surface area contributed by atoms with Gasteiger partial charge in [0.1, 0.15) is 11.6 Å². The van der Waals surface area contributed by atoms with E-state index in [4.69, 9.17) is 5.11 Å². The van der Waals surface area contributed by atoms with Crippen molar-refractivity contribution >= 4 is 11.9 Å². The Morgan fingerprint density at radius 1 is 1.35 bits per heavy atom. The molecule has 1 heterocycles. The van der Waals surface area contributed by atoms with E-state index in [1.54, 1.807) is 6.92 Å². The van der Waals surface area contributed by atoms with Gasteiger partial charge in [0.25, 0.3) is 5.91 Å². The van der Waals surface area contributed by atoms with Crippen molar-refractivity contribution < 1.29 is 19.1 Å². The first kappa shape index (κ1) is 16.6. The molecule has 0 aliphatic rings. The average molecular weight is 320 g/mol. The van der Waals surface area contributed by atoms with Crippen LogP contribution in [0.3, 0.4) is 0 Å². The predicted octanol–water partition coefficient (Wildman–Crippen LogP) is 1.51. The molecule has 7 nitrogen and oxygen atoms in total. The monoisotopic (exact) mass is 320 g/mol. The first-order valence-corrected chi connectivity index (χ1v) is 6.97. The van der Waals surface area contributed by atoms with Crippen LogP contribution in [0.25, 0.3) is 5.69 Å². The number of hydrogen-bond acceptors (Lipinski definition) is 4. The van der Waals surface area contributed by atoms with Crippen LogP contribution in [0.15, 0.2) is 24.3 Å². The summed E-state index contributed by atoms with van der Waals surface area (Å²) in [5.74, 6) is -2.08. The number of benzene rings is 1. The number of aromatic nitrogens is 3. The second-order valence-electron chi connectivity index (χ2n) is 5.30. The molecule has 2 rings (SSSR count). The van der Waals surface area contributed by atoms with Crippen molar-refractivity contribution in [1.82, 2.24) is 19.7 Å². The Morgan fingerprint density at radius 3 is 2.52 bits per heavy atom. The van der Waals surface area contributed by atoms with E-state index in [0.29, 0.717) is 11.5 Å². The first-order valence-electron chi connectivity index (χ1n) is 6.97. The van der Waals surface area contributed by atoms with Gasteiger partial charge in [0.05, 0.1) is 11.6 Å². The Bertz CT molecular complexity index is 727. The van der Waals surface area contributed by atoms with Gasteiger partial charge < -0.3 is 10.0 Å². The number of rotatable bonds is 5. The summed E-state index contributed by atoms with van der Waals surface area (Å²) in [6.07, 6.45) is 0. The smallest absolute Gasteiger partial charge is 0.308 e. The molecule has 0 spiro atoms. The third-order valence-electron chi connectivity index (χ3n) is 3.35. The van der Waals surface area contributed by atoms with Crippen LogP contribution in [0.4, 0.5) is 4.39 Å². The Balaban J connectivity index is 2.21. The van der Waals surface area contributed by atoms with E-state index in [-0.39, 0.29) is 18.2 Å². The second-order valence-corrected chi connectivity index (χ2v) is 5.30. The van der Waals surface area contributed by atoms with Crippen LogP contribution in [-0.4, -0.2) is 50.2 Å². The van der Waals surface area contributed by atoms with Crippen LogP contribution >= 0.6 is 0 Å². The van der Waals surface area contributed by atoms with Crippen molar-refractivity contribution in [3.63, 3.8) is 0 Å². The lowest BCUT2D eigenvalue weighted by molar-refractivity contribution is -0.141. The van der Waals surface area contributed by atoms with E-state index in [2.05, 4.69) is 10.1 Å². The summed E-state index contributed by atoms with van der Waals surface area (Å²) >= 11 is 0. The quantitative estimate of drug-likeness (QED) is 0.902. The maximum atomic E-state index is 13.0. The lowest BCUT2D eigenvalue weighted by atomic mass is 10.2. The van der Waals surface area contributed by atoms with Crippen LogP contribution in [-0.2, 0) is 4.79 Å². The minimum Gasteiger partial charge on any atom is -0.481 e. The topological polar surface area (TPSA) is 88.3 Å². The van der Waals surface area contributed by atoms with Gasteiger partial charge in [0.15, 0.2) is 0 Å². The molecule has 0 fully saturated rings. The lowest BCUT2D eigenvalue weighted by Gasteiger charge is -2.17. The van der Waals surface area contributed by atoms with Gasteiger partial charge in [-0.1, -0.05) is 6.92 Å². The van der Waals surface area contributed by atoms with Gasteiger partial charge in [0.2, 0.25) is 5.82 Å². The minimum atomic E-state index is -0.981. The zero-order chi connectivity index (χ0) is 17.1. The molecule has 0 aliphatic carbocycles. The fraction of sp³-hybridized carbons (Fsp3) is 0.333. The lowest BCUT2D eigenvalue weighted by Crippen LogP contribution is -2.34. The van der Waals surface area contributed by atoms with E-state index in [0.717, 1.165) is 0 Å². The highest BCUT2D eigenvalue weighted by Crippen LogP contribution is 2.12. The summed E-state index contributed by atoms with van der Waals surface area (Å²) in [7, 11) is 1.50. The number of carbonyl (C=O) groups is 2. The fourth-order valence-corrected chi connectivity index (χ4v) is 2.05. The third kappa shape index (κ3) is 3.71. The van der Waals surface area contributed by atoms with E-state index in [1.165, 1.54) is 47.8 Å². The molecule has 23 heavy (non-hydrogen) atoms. The Kier molecular flexibility index (Phi) is 4.73. The zero-order valence-electron chi connectivity index (χ0n) is 13.0. The van der Waals surface area contributed by atoms with Gasteiger partial charge in [0, 0.05) is 13.6 Å². The number of aryl methyl sites for hydroxylation is 1. The number of aliphatic carboxylic acids is 1. The van der Waals surface area contributed by atoms with Gasteiger partial charge in [-0.15, -0.1) is 5.10 Å². The van der Waals surface area contributed by atoms with Crippen LogP contribution in [0.5, 0.6) is 0 Å². The van der Waals surface area contributed by atoms with Crippen LogP contribution < -0.4 is 0 Å². The average Bonchev–Trinajstić information content (AvgIpc) is 2.89. The second kappa shape index (κ2) is 6.55. The molecular weight excluding hydrogens is 303 g/mol. The highest BCUT2D eigenvalue weighted by Gasteiger charge is 2.22. The number of hydrogen-bond donors (Lipinski definition) is 1. The van der Waals surface area contributed by atoms with Crippen LogP contribution in [0, 0.1) is 18.7 Å². The number of nitrogens with zero attached hydrogens (tertiary/aromatic N) is 4. The van der Waals surface area contributed by atoms with E-state index in [1.807, 2.05) is 0 Å². The van der Waals surface area contributed by atoms with Crippen LogP contribution in [0.2, 0.25) is 0 Å². The molecule has 1 N–H and O–H groups in total. The molecular formula is C15H17FN4O3. The van der Waals surface area contributed by atoms with Crippen molar-refractivity contribution in [2.24, 2.45) is 5.92 Å². The van der Waals surface area contributed by atoms with Crippen molar-refractivity contribution in [2.45, 2.75) is 13.8 Å². The van der Waals surface area contributed by atoms with E-state index >= 15 is 0 Å². The van der Waals surface area contributed by atoms with Gasteiger partial charge in [-0.05, 0) is 31.2 Å². The molecule has 1 atom stereocenters. The molecule has 8 heteroatoms. The molecule has 1 aromatic heterocycles. The van der Waals surface area contributed by atoms with E-state index < -0.39 is 17.8 Å². The van der Waals surface area contributed by atoms with Crippen molar-refractivity contribution in [3.05, 3.63) is 41.7 Å². The highest BCUT2D eigenvalue weighted by molar-refractivity contribution is 5.90. The SMILES string of the molecule is Cc1nc(C(=O)N(C)CC(C)C(=O)O)nn1-c1ccc(F)cc1. The number of carbonyl (C=O) groups excluding carboxylic acids is 1. The molecule has 122 valence electrons. The van der Waals surface area contributed by atoms with Crippen molar-refractivity contribution in [3.8, 4) is 5.69 Å². The standard InChI is InChI=1S/C15H17FN4O3/c1-9(15(22)23)8-19(3)14(21)13-17-10(2)20(18-13)12-6-4-11(16)5-7-12/h4-7,9H,8H2,1-3H3,(H,22,23). The summed E-state index contributed by atoms with van der Waals surface area (Å²) < 4.78 is 14.4. The molecule has 1 unspecified atom stereocenters. The minimum absolute atomic E-state index is 0.0353. The van der Waals surface area contributed by atoms with E-state index in [9.17, 15) is 14.0 Å². The molecule has 0 saturated heterocycles. The summed E-state index contributed by atoms with van der Waals surface area (Å²) in [5, 5.41) is 13.0. The summed E-state index contributed by atoms with van der Waals surface area (Å²) in [5.41, 5.74) is 0.581. The fourth-order valence-electron chi connectivity index (χ4n) is 2.05. The molecule has 0 aliphatic heterocycles. The third-order valence-corrected chi connectivity index (χ3v) is 3.35. The van der Waals surface area contributed by atoms with Crippen molar-refractivity contribution in [2.75, 3.05) is 13.6 Å². The number of halogens is 1. The van der Waals surface area contributed by atoms with Crippen LogP contribution in [0.1, 0.15) is 23.4 Å². The predicted molar refractivity (Wildman–Crippen MR) is 79.8 cm³/mol. The first-order chi connectivity index (χ1) is 10.8. The Hall–Kier alpha value is -2.77. The maximum absolute atomic E-state index is 13.0. The van der Waals surface area contributed by atoms with Gasteiger partial charge in [-0.3, -0.25) is 9.59 Å². The molecule has 0 bridgehead atoms. The largest absolute Gasteiger partial charge is 0.481 e. The maximum Gasteiger partial charge on any atom is 0.308 e. The summed E-state index contributed by atoms with van der Waals surface area (Å²) in [6.45, 7) is 3.24. The molecule has 1 amide bonds. The number of carboxylic acids is 1.